The largest absolute Gasteiger partial charge is 0.438 e. The van der Waals surface area contributed by atoms with Crippen LogP contribution in [0.3, 0.4) is 0 Å². The van der Waals surface area contributed by atoms with Crippen molar-refractivity contribution < 1.29 is 8.81 Å². The van der Waals surface area contributed by atoms with E-state index in [9.17, 15) is 4.39 Å². The maximum atomic E-state index is 13.3. The van der Waals surface area contributed by atoms with Crippen LogP contribution in [-0.2, 0) is 0 Å². The Balaban J connectivity index is 1.84. The van der Waals surface area contributed by atoms with E-state index in [2.05, 4.69) is 15.0 Å². The Morgan fingerprint density at radius 3 is 2.46 bits per heavy atom. The van der Waals surface area contributed by atoms with Gasteiger partial charge in [0.2, 0.25) is 5.71 Å². The van der Waals surface area contributed by atoms with Crippen molar-refractivity contribution in [2.24, 2.45) is 4.99 Å². The normalized spacial score (nSPS) is 12.5. The first-order valence-electron chi connectivity index (χ1n) is 8.91. The first-order valence-corrected chi connectivity index (χ1v) is 8.91. The van der Waals surface area contributed by atoms with E-state index in [-0.39, 0.29) is 5.82 Å². The third kappa shape index (κ3) is 3.22. The van der Waals surface area contributed by atoms with E-state index in [1.807, 2.05) is 49.4 Å². The van der Waals surface area contributed by atoms with Gasteiger partial charge in [-0.1, -0.05) is 36.4 Å². The fourth-order valence-corrected chi connectivity index (χ4v) is 3.21. The second-order valence-electron chi connectivity index (χ2n) is 6.20. The molecule has 0 aliphatic rings. The zero-order valence-electron chi connectivity index (χ0n) is 15.6. The number of aliphatic imine (C=N–C) groups is 1. The molecule has 0 aliphatic heterocycles. The fourth-order valence-electron chi connectivity index (χ4n) is 3.21. The van der Waals surface area contributed by atoms with Gasteiger partial charge in [0.25, 0.3) is 0 Å². The van der Waals surface area contributed by atoms with Gasteiger partial charge in [-0.05, 0) is 37.3 Å². The molecule has 5 heteroatoms. The topological polar surface area (TPSA) is 51.3 Å². The summed E-state index contributed by atoms with van der Waals surface area (Å²) in [5.74, 6) is 0.442. The summed E-state index contributed by atoms with van der Waals surface area (Å²) in [5.41, 5.74) is 4.58. The van der Waals surface area contributed by atoms with Crippen LogP contribution >= 0.6 is 0 Å². The summed E-state index contributed by atoms with van der Waals surface area (Å²) < 4.78 is 19.3. The van der Waals surface area contributed by atoms with Crippen LogP contribution in [0.4, 0.5) is 4.39 Å². The molecule has 0 saturated heterocycles. The summed E-state index contributed by atoms with van der Waals surface area (Å²) in [4.78, 5) is 13.2. The van der Waals surface area contributed by atoms with E-state index in [4.69, 9.17) is 4.42 Å². The van der Waals surface area contributed by atoms with Crippen molar-refractivity contribution in [3.63, 3.8) is 0 Å². The van der Waals surface area contributed by atoms with E-state index in [0.29, 0.717) is 5.71 Å². The second-order valence-corrected chi connectivity index (χ2v) is 6.20. The number of aromatic nitrogens is 2. The van der Waals surface area contributed by atoms with Gasteiger partial charge in [0, 0.05) is 23.7 Å². The van der Waals surface area contributed by atoms with E-state index in [0.717, 1.165) is 39.3 Å². The fraction of sp³-hybridized carbons (Fsp3) is 0.0870. The maximum absolute atomic E-state index is 13.3. The molecule has 4 rings (SSSR count). The lowest BCUT2D eigenvalue weighted by Crippen LogP contribution is -2.06. The first kappa shape index (κ1) is 17.8. The third-order valence-electron chi connectivity index (χ3n) is 4.53. The highest BCUT2D eigenvalue weighted by atomic mass is 19.1. The minimum atomic E-state index is -0.284. The van der Waals surface area contributed by atoms with Gasteiger partial charge in [-0.25, -0.2) is 14.4 Å². The number of nitrogens with zero attached hydrogens (tertiary/aromatic N) is 3. The highest BCUT2D eigenvalue weighted by Crippen LogP contribution is 2.31. The molecule has 0 amide bonds. The van der Waals surface area contributed by atoms with Crippen molar-refractivity contribution >= 4 is 22.4 Å². The van der Waals surface area contributed by atoms with Gasteiger partial charge in [0.15, 0.2) is 0 Å². The monoisotopic (exact) mass is 371 g/mol. The first-order chi connectivity index (χ1) is 13.7. The molecule has 0 saturated carbocycles. The minimum absolute atomic E-state index is 0.284. The zero-order chi connectivity index (χ0) is 19.5. The minimum Gasteiger partial charge on any atom is -0.438 e. The predicted octanol–water partition coefficient (Wildman–Crippen LogP) is 5.55. The van der Waals surface area contributed by atoms with Gasteiger partial charge < -0.3 is 4.42 Å². The molecule has 0 atom stereocenters. The number of hydrogen-bond donors (Lipinski definition) is 0. The summed E-state index contributed by atoms with van der Waals surface area (Å²) in [6, 6.07) is 18.1. The molecular formula is C23H18FN3O. The number of allylic oxidation sites excluding steroid dienone is 2. The van der Waals surface area contributed by atoms with Crippen LogP contribution in [0, 0.1) is 5.82 Å². The molecule has 2 aromatic heterocycles. The summed E-state index contributed by atoms with van der Waals surface area (Å²) >= 11 is 0. The maximum Gasteiger partial charge on any atom is 0.230 e. The zero-order valence-corrected chi connectivity index (χ0v) is 15.6. The van der Waals surface area contributed by atoms with Crippen molar-refractivity contribution in [2.45, 2.75) is 6.92 Å². The average molecular weight is 371 g/mol. The molecule has 0 bridgehead atoms. The van der Waals surface area contributed by atoms with Gasteiger partial charge >= 0.3 is 0 Å². The smallest absolute Gasteiger partial charge is 0.230 e. The second kappa shape index (κ2) is 7.56. The van der Waals surface area contributed by atoms with Gasteiger partial charge in [-0.3, -0.25) is 4.99 Å². The van der Waals surface area contributed by atoms with Crippen LogP contribution in [0.15, 0.2) is 82.5 Å². The molecule has 0 spiro atoms. The number of furan rings is 1. The summed E-state index contributed by atoms with van der Waals surface area (Å²) in [6.45, 7) is 1.93. The van der Waals surface area contributed by atoms with Crippen LogP contribution < -0.4 is 0 Å². The van der Waals surface area contributed by atoms with Crippen LogP contribution in [0.5, 0.6) is 0 Å². The van der Waals surface area contributed by atoms with Crippen molar-refractivity contribution in [2.75, 3.05) is 7.05 Å². The Morgan fingerprint density at radius 1 is 1.04 bits per heavy atom. The van der Waals surface area contributed by atoms with Crippen LogP contribution in [0.2, 0.25) is 0 Å². The van der Waals surface area contributed by atoms with Crippen molar-refractivity contribution in [1.29, 1.82) is 0 Å². The van der Waals surface area contributed by atoms with Crippen LogP contribution in [0.1, 0.15) is 18.2 Å². The molecule has 2 aromatic carbocycles. The molecule has 0 N–H and O–H groups in total. The lowest BCUT2D eigenvalue weighted by Gasteiger charge is -2.11. The summed E-state index contributed by atoms with van der Waals surface area (Å²) in [6.07, 6.45) is 3.43. The highest BCUT2D eigenvalue weighted by molar-refractivity contribution is 6.32. The number of fused-ring (bicyclic) bond motifs is 1. The highest BCUT2D eigenvalue weighted by Gasteiger charge is 2.18. The van der Waals surface area contributed by atoms with E-state index >= 15 is 0 Å². The lowest BCUT2D eigenvalue weighted by molar-refractivity contribution is 0.617. The average Bonchev–Trinajstić information content (AvgIpc) is 3.18. The molecule has 138 valence electrons. The van der Waals surface area contributed by atoms with Crippen LogP contribution in [-0.4, -0.2) is 22.7 Å². The Bertz CT molecular complexity index is 1180. The molecule has 0 radical (unpaired) electrons. The quantitative estimate of drug-likeness (QED) is 0.442. The molecule has 4 aromatic rings. The van der Waals surface area contributed by atoms with Gasteiger partial charge in [-0.2, -0.15) is 0 Å². The standard InChI is InChI=1S/C23H18FN3O/c1-3-18(21(25-2)16-9-11-17(24)12-10-16)22-19-13-20(15-7-5-4-6-8-15)28-23(19)27-14-26-22/h3-14H,1-2H3/b18-3+,25-21-. The summed E-state index contributed by atoms with van der Waals surface area (Å²) in [5, 5.41) is 0.803. The van der Waals surface area contributed by atoms with E-state index < -0.39 is 0 Å². The van der Waals surface area contributed by atoms with E-state index in [1.165, 1.54) is 18.5 Å². The third-order valence-corrected chi connectivity index (χ3v) is 4.53. The van der Waals surface area contributed by atoms with Crippen molar-refractivity contribution in [3.8, 4) is 11.3 Å². The number of halogens is 1. The molecule has 0 aliphatic carbocycles. The summed E-state index contributed by atoms with van der Waals surface area (Å²) in [7, 11) is 1.71. The Hall–Kier alpha value is -3.60. The lowest BCUT2D eigenvalue weighted by atomic mass is 9.97. The van der Waals surface area contributed by atoms with Gasteiger partial charge in [-0.15, -0.1) is 0 Å². The Kier molecular flexibility index (Phi) is 4.81. The molecule has 2 heterocycles. The number of hydrogen-bond acceptors (Lipinski definition) is 4. The van der Waals surface area contributed by atoms with Crippen LogP contribution in [0.25, 0.3) is 28.0 Å². The Labute approximate surface area is 162 Å². The number of benzene rings is 2. The van der Waals surface area contributed by atoms with Gasteiger partial charge in [0.05, 0.1) is 16.8 Å². The number of rotatable bonds is 4. The molecule has 4 nitrogen and oxygen atoms in total. The van der Waals surface area contributed by atoms with Crippen molar-refractivity contribution in [3.05, 3.63) is 90.1 Å². The van der Waals surface area contributed by atoms with Crippen molar-refractivity contribution in [1.82, 2.24) is 9.97 Å². The Morgan fingerprint density at radius 2 is 1.79 bits per heavy atom. The van der Waals surface area contributed by atoms with E-state index in [1.54, 1.807) is 19.2 Å². The SMILES string of the molecule is C/C=C(\C(=N/C)c1ccc(F)cc1)c1ncnc2oc(-c3ccccc3)cc12. The molecular weight excluding hydrogens is 353 g/mol. The van der Waals surface area contributed by atoms with Gasteiger partial charge in [0.1, 0.15) is 17.9 Å². The molecule has 0 unspecified atom stereocenters. The predicted molar refractivity (Wildman–Crippen MR) is 110 cm³/mol. The molecule has 28 heavy (non-hydrogen) atoms. The molecule has 0 fully saturated rings.